The van der Waals surface area contributed by atoms with Gasteiger partial charge >= 0.3 is 0 Å². The number of aryl methyl sites for hydroxylation is 1. The fourth-order valence-electron chi connectivity index (χ4n) is 2.36. The van der Waals surface area contributed by atoms with Crippen LogP contribution < -0.4 is 10.7 Å². The van der Waals surface area contributed by atoms with Crippen molar-refractivity contribution >= 4 is 40.3 Å². The first-order valence-electron chi connectivity index (χ1n) is 7.56. The van der Waals surface area contributed by atoms with E-state index in [-0.39, 0.29) is 0 Å². The van der Waals surface area contributed by atoms with E-state index in [9.17, 15) is 0 Å². The second-order valence-electron chi connectivity index (χ2n) is 5.53. The summed E-state index contributed by atoms with van der Waals surface area (Å²) in [7, 11) is 0. The van der Waals surface area contributed by atoms with Crippen LogP contribution in [0.15, 0.2) is 41.5 Å². The highest BCUT2D eigenvalue weighted by Crippen LogP contribution is 2.26. The van der Waals surface area contributed by atoms with Gasteiger partial charge < -0.3 is 5.73 Å². The number of nitrogens with zero attached hydrogens (tertiary/aromatic N) is 2. The van der Waals surface area contributed by atoms with Crippen LogP contribution in [0.2, 0.25) is 10.0 Å². The number of hydrogen-bond donors (Lipinski definition) is 1. The molecule has 23 heavy (non-hydrogen) atoms. The fraction of sp³-hybridized carbons (Fsp3) is 0.278. The van der Waals surface area contributed by atoms with Gasteiger partial charge in [0.2, 0.25) is 0 Å². The second kappa shape index (κ2) is 7.71. The number of anilines is 2. The van der Waals surface area contributed by atoms with E-state index in [4.69, 9.17) is 34.0 Å². The van der Waals surface area contributed by atoms with Crippen LogP contribution in [-0.2, 0) is 0 Å². The lowest BCUT2D eigenvalue weighted by Crippen LogP contribution is -2.20. The minimum atomic E-state index is 0.594. The van der Waals surface area contributed by atoms with E-state index in [2.05, 4.69) is 6.92 Å². The molecule has 0 radical (unpaired) electrons. The number of hydrogen-bond acceptors (Lipinski definition) is 3. The standard InChI is InChI=1S/C18H21Cl2N3/c1-4-7-23(16-10-14(19)9-15(20)11-16)22-13(3)17-8-12(2)5-6-18(17)21/h5-6,8-11H,4,7,21H2,1-3H3/b22-13+. The third-order valence-corrected chi connectivity index (χ3v) is 3.89. The molecule has 0 atom stereocenters. The van der Waals surface area contributed by atoms with E-state index < -0.39 is 0 Å². The van der Waals surface area contributed by atoms with Crippen molar-refractivity contribution in [2.45, 2.75) is 27.2 Å². The van der Waals surface area contributed by atoms with Crippen LogP contribution in [0.25, 0.3) is 0 Å². The molecule has 0 heterocycles. The maximum atomic E-state index is 6.11. The summed E-state index contributed by atoms with van der Waals surface area (Å²) in [4.78, 5) is 0. The van der Waals surface area contributed by atoms with Gasteiger partial charge in [-0.15, -0.1) is 0 Å². The Morgan fingerprint density at radius 3 is 2.39 bits per heavy atom. The first-order chi connectivity index (χ1) is 10.9. The Morgan fingerprint density at radius 1 is 1.13 bits per heavy atom. The van der Waals surface area contributed by atoms with Gasteiger partial charge in [-0.2, -0.15) is 5.10 Å². The Balaban J connectivity index is 2.43. The van der Waals surface area contributed by atoms with Gasteiger partial charge in [-0.05, 0) is 50.6 Å². The highest BCUT2D eigenvalue weighted by molar-refractivity contribution is 6.35. The Hall–Kier alpha value is -1.71. The van der Waals surface area contributed by atoms with E-state index in [1.165, 1.54) is 0 Å². The molecular formula is C18H21Cl2N3. The molecule has 0 aliphatic rings. The maximum absolute atomic E-state index is 6.11. The number of halogens is 2. The van der Waals surface area contributed by atoms with Gasteiger partial charge in [0.15, 0.2) is 0 Å². The zero-order valence-electron chi connectivity index (χ0n) is 13.6. The normalized spacial score (nSPS) is 11.6. The molecule has 0 amide bonds. The molecule has 0 saturated carbocycles. The Kier molecular flexibility index (Phi) is 5.91. The van der Waals surface area contributed by atoms with Crippen molar-refractivity contribution in [2.24, 2.45) is 5.10 Å². The van der Waals surface area contributed by atoms with Crippen LogP contribution in [-0.4, -0.2) is 12.3 Å². The van der Waals surface area contributed by atoms with Crippen LogP contribution in [0.1, 0.15) is 31.4 Å². The molecule has 5 heteroatoms. The van der Waals surface area contributed by atoms with Gasteiger partial charge in [0, 0.05) is 27.8 Å². The van der Waals surface area contributed by atoms with Crippen LogP contribution in [0.5, 0.6) is 0 Å². The summed E-state index contributed by atoms with van der Waals surface area (Å²) < 4.78 is 0. The van der Waals surface area contributed by atoms with Crippen molar-refractivity contribution in [3.63, 3.8) is 0 Å². The third kappa shape index (κ3) is 4.63. The van der Waals surface area contributed by atoms with E-state index in [0.717, 1.165) is 41.2 Å². The summed E-state index contributed by atoms with van der Waals surface area (Å²) in [6.45, 7) is 6.86. The quantitative estimate of drug-likeness (QED) is 0.438. The largest absolute Gasteiger partial charge is 0.398 e. The topological polar surface area (TPSA) is 41.6 Å². The van der Waals surface area contributed by atoms with Gasteiger partial charge in [-0.1, -0.05) is 41.8 Å². The van der Waals surface area contributed by atoms with Crippen LogP contribution in [0, 0.1) is 6.92 Å². The predicted molar refractivity (Wildman–Crippen MR) is 102 cm³/mol. The van der Waals surface area contributed by atoms with E-state index in [0.29, 0.717) is 10.0 Å². The molecule has 0 unspecified atom stereocenters. The average molecular weight is 350 g/mol. The summed E-state index contributed by atoms with van der Waals surface area (Å²) in [6, 6.07) is 11.4. The van der Waals surface area contributed by atoms with E-state index in [1.54, 1.807) is 6.07 Å². The van der Waals surface area contributed by atoms with Crippen molar-refractivity contribution in [3.8, 4) is 0 Å². The number of nitrogens with two attached hydrogens (primary N) is 1. The van der Waals surface area contributed by atoms with Crippen LogP contribution in [0.4, 0.5) is 11.4 Å². The minimum absolute atomic E-state index is 0.594. The lowest BCUT2D eigenvalue weighted by atomic mass is 10.1. The molecule has 0 aliphatic heterocycles. The third-order valence-electron chi connectivity index (χ3n) is 3.45. The van der Waals surface area contributed by atoms with Crippen molar-refractivity contribution in [3.05, 3.63) is 57.6 Å². The van der Waals surface area contributed by atoms with E-state index >= 15 is 0 Å². The Labute approximate surface area is 147 Å². The van der Waals surface area contributed by atoms with Crippen molar-refractivity contribution < 1.29 is 0 Å². The summed E-state index contributed by atoms with van der Waals surface area (Å²) in [5.41, 5.74) is 10.6. The molecule has 0 saturated heterocycles. The molecule has 3 nitrogen and oxygen atoms in total. The Bertz CT molecular complexity index is 706. The molecule has 0 aromatic heterocycles. The summed E-state index contributed by atoms with van der Waals surface area (Å²) in [6.07, 6.45) is 0.949. The smallest absolute Gasteiger partial charge is 0.0671 e. The molecule has 2 aromatic carbocycles. The molecule has 2 N–H and O–H groups in total. The molecular weight excluding hydrogens is 329 g/mol. The maximum Gasteiger partial charge on any atom is 0.0671 e. The molecule has 122 valence electrons. The van der Waals surface area contributed by atoms with Gasteiger partial charge in [-0.25, -0.2) is 0 Å². The lowest BCUT2D eigenvalue weighted by molar-refractivity contribution is 0.806. The second-order valence-corrected chi connectivity index (χ2v) is 6.40. The predicted octanol–water partition coefficient (Wildman–Crippen LogP) is 5.52. The van der Waals surface area contributed by atoms with Gasteiger partial charge in [-0.3, -0.25) is 5.01 Å². The summed E-state index contributed by atoms with van der Waals surface area (Å²) in [5, 5.41) is 7.84. The molecule has 0 spiro atoms. The number of hydrazone groups is 1. The van der Waals surface area contributed by atoms with Crippen molar-refractivity contribution in [1.82, 2.24) is 0 Å². The van der Waals surface area contributed by atoms with Gasteiger partial charge in [0.25, 0.3) is 0 Å². The van der Waals surface area contributed by atoms with Crippen molar-refractivity contribution in [2.75, 3.05) is 17.3 Å². The monoisotopic (exact) mass is 349 g/mol. The van der Waals surface area contributed by atoms with Crippen LogP contribution >= 0.6 is 23.2 Å². The summed E-state index contributed by atoms with van der Waals surface area (Å²) >= 11 is 12.2. The first kappa shape index (κ1) is 17.6. The van der Waals surface area contributed by atoms with Gasteiger partial charge in [0.1, 0.15) is 0 Å². The summed E-state index contributed by atoms with van der Waals surface area (Å²) in [5.74, 6) is 0. The molecule has 2 rings (SSSR count). The number of rotatable bonds is 5. The molecule has 0 bridgehead atoms. The Morgan fingerprint density at radius 2 is 1.78 bits per heavy atom. The molecule has 0 fully saturated rings. The zero-order valence-corrected chi connectivity index (χ0v) is 15.1. The highest BCUT2D eigenvalue weighted by Gasteiger charge is 2.10. The van der Waals surface area contributed by atoms with E-state index in [1.807, 2.05) is 49.2 Å². The number of nitrogen functional groups attached to an aromatic ring is 1. The fourth-order valence-corrected chi connectivity index (χ4v) is 2.87. The molecule has 0 aliphatic carbocycles. The lowest BCUT2D eigenvalue weighted by Gasteiger charge is -2.21. The van der Waals surface area contributed by atoms with Crippen LogP contribution in [0.3, 0.4) is 0 Å². The number of benzene rings is 2. The minimum Gasteiger partial charge on any atom is -0.398 e. The zero-order chi connectivity index (χ0) is 17.0. The molecule has 2 aromatic rings. The van der Waals surface area contributed by atoms with Gasteiger partial charge in [0.05, 0.1) is 11.4 Å². The highest BCUT2D eigenvalue weighted by atomic mass is 35.5. The SMILES string of the molecule is CCCN(/N=C(\C)c1cc(C)ccc1N)c1cc(Cl)cc(Cl)c1. The first-order valence-corrected chi connectivity index (χ1v) is 8.31. The van der Waals surface area contributed by atoms with Crippen molar-refractivity contribution in [1.29, 1.82) is 0 Å². The average Bonchev–Trinajstić information content (AvgIpc) is 2.48.